The number of aromatic nitrogens is 1. The molecule has 0 atom stereocenters. The van der Waals surface area contributed by atoms with Gasteiger partial charge in [-0.25, -0.2) is 4.79 Å². The Balaban J connectivity index is 2.21. The predicted molar refractivity (Wildman–Crippen MR) is 63.7 cm³/mol. The highest BCUT2D eigenvalue weighted by molar-refractivity contribution is 7.17. The largest absolute Gasteiger partial charge is 0.491 e. The molecule has 0 fully saturated rings. The summed E-state index contributed by atoms with van der Waals surface area (Å²) in [7, 11) is 0. The van der Waals surface area contributed by atoms with Crippen molar-refractivity contribution in [2.45, 2.75) is 6.42 Å². The van der Waals surface area contributed by atoms with Gasteiger partial charge in [0, 0.05) is 12.6 Å². The maximum absolute atomic E-state index is 11.0. The lowest BCUT2D eigenvalue weighted by atomic mass is 10.1. The van der Waals surface area contributed by atoms with Crippen LogP contribution in [-0.4, -0.2) is 22.7 Å². The number of hydrogen-bond acceptors (Lipinski definition) is 4. The second-order valence-corrected chi connectivity index (χ2v) is 4.77. The summed E-state index contributed by atoms with van der Waals surface area (Å²) < 4.78 is 5.59. The smallest absolute Gasteiger partial charge is 0.345 e. The van der Waals surface area contributed by atoms with Gasteiger partial charge in [-0.3, -0.25) is 4.98 Å². The maximum Gasteiger partial charge on any atom is 0.345 e. The molecule has 5 heteroatoms. The predicted octanol–water partition coefficient (Wildman–Crippen LogP) is 2.44. The first-order valence-corrected chi connectivity index (χ1v) is 6.01. The van der Waals surface area contributed by atoms with E-state index in [1.165, 1.54) is 11.3 Å². The highest BCUT2D eigenvalue weighted by atomic mass is 32.1. The van der Waals surface area contributed by atoms with Crippen molar-refractivity contribution in [3.05, 3.63) is 34.8 Å². The van der Waals surface area contributed by atoms with Gasteiger partial charge in [-0.15, -0.1) is 11.3 Å². The van der Waals surface area contributed by atoms with Crippen molar-refractivity contribution >= 4 is 17.3 Å². The van der Waals surface area contributed by atoms with Crippen LogP contribution in [0.1, 0.15) is 15.2 Å². The number of carboxylic acid groups (broad SMARTS) is 1. The molecule has 0 aromatic carbocycles. The van der Waals surface area contributed by atoms with Crippen LogP contribution in [0.2, 0.25) is 0 Å². The normalized spacial score (nSPS) is 13.2. The van der Waals surface area contributed by atoms with Gasteiger partial charge in [-0.05, 0) is 23.8 Å². The Morgan fingerprint density at radius 2 is 2.41 bits per heavy atom. The zero-order chi connectivity index (χ0) is 11.8. The fourth-order valence-electron chi connectivity index (χ4n) is 1.87. The van der Waals surface area contributed by atoms with E-state index < -0.39 is 5.97 Å². The van der Waals surface area contributed by atoms with Crippen LogP contribution in [-0.2, 0) is 6.42 Å². The first-order chi connectivity index (χ1) is 8.25. The Kier molecular flexibility index (Phi) is 2.33. The molecule has 0 amide bonds. The lowest BCUT2D eigenvalue weighted by Gasteiger charge is -2.04. The van der Waals surface area contributed by atoms with Gasteiger partial charge in [0.2, 0.25) is 0 Å². The van der Waals surface area contributed by atoms with Gasteiger partial charge in [0.05, 0.1) is 11.5 Å². The molecule has 2 aromatic rings. The van der Waals surface area contributed by atoms with Gasteiger partial charge in [0.15, 0.2) is 0 Å². The third-order valence-corrected chi connectivity index (χ3v) is 3.81. The van der Waals surface area contributed by atoms with Crippen molar-refractivity contribution in [1.82, 2.24) is 4.98 Å². The molecule has 0 saturated carbocycles. The zero-order valence-electron chi connectivity index (χ0n) is 8.84. The molecule has 0 spiro atoms. The molecule has 0 aliphatic carbocycles. The fourth-order valence-corrected chi connectivity index (χ4v) is 2.92. The van der Waals surface area contributed by atoms with Crippen LogP contribution in [0.15, 0.2) is 24.4 Å². The fraction of sp³-hybridized carbons (Fsp3) is 0.167. The average molecular weight is 247 g/mol. The van der Waals surface area contributed by atoms with E-state index in [0.717, 1.165) is 28.3 Å². The highest BCUT2D eigenvalue weighted by Crippen LogP contribution is 2.38. The molecule has 3 heterocycles. The molecule has 2 aromatic heterocycles. The van der Waals surface area contributed by atoms with E-state index in [9.17, 15) is 4.79 Å². The molecule has 1 aliphatic heterocycles. The standard InChI is InChI=1S/C12H9NO3S/c14-12(15)9-6-7-3-5-16-8-2-1-4-13-10(8)11(7)17-9/h1-2,4,6H,3,5H2,(H,14,15). The quantitative estimate of drug-likeness (QED) is 0.840. The van der Waals surface area contributed by atoms with Gasteiger partial charge in [0.1, 0.15) is 16.3 Å². The van der Waals surface area contributed by atoms with Crippen LogP contribution in [0.25, 0.3) is 10.6 Å². The number of ether oxygens (including phenoxy) is 1. The van der Waals surface area contributed by atoms with E-state index in [2.05, 4.69) is 4.98 Å². The Bertz CT molecular complexity index is 591. The average Bonchev–Trinajstić information content (AvgIpc) is 2.67. The summed E-state index contributed by atoms with van der Waals surface area (Å²) in [6.07, 6.45) is 2.41. The molecule has 3 rings (SSSR count). The molecule has 0 bridgehead atoms. The lowest BCUT2D eigenvalue weighted by molar-refractivity contribution is 0.0702. The number of rotatable bonds is 1. The van der Waals surface area contributed by atoms with Crippen LogP contribution < -0.4 is 4.74 Å². The lowest BCUT2D eigenvalue weighted by Crippen LogP contribution is -1.98. The van der Waals surface area contributed by atoms with E-state index in [4.69, 9.17) is 9.84 Å². The minimum Gasteiger partial charge on any atom is -0.491 e. The summed E-state index contributed by atoms with van der Waals surface area (Å²) in [5, 5.41) is 9.01. The molecule has 86 valence electrons. The minimum atomic E-state index is -0.888. The number of carboxylic acids is 1. The SMILES string of the molecule is O=C(O)c1cc2c(s1)-c1ncccc1OCC2. The molecular weight excluding hydrogens is 238 g/mol. The number of carbonyl (C=O) groups is 1. The molecule has 0 radical (unpaired) electrons. The number of hydrogen-bond donors (Lipinski definition) is 1. The first kappa shape index (κ1) is 10.3. The topological polar surface area (TPSA) is 59.4 Å². The minimum absolute atomic E-state index is 0.355. The van der Waals surface area contributed by atoms with Crippen molar-refractivity contribution in [3.63, 3.8) is 0 Å². The molecule has 1 aliphatic rings. The molecular formula is C12H9NO3S. The third-order valence-electron chi connectivity index (χ3n) is 2.63. The van der Waals surface area contributed by atoms with Crippen LogP contribution in [0, 0.1) is 0 Å². The summed E-state index contributed by atoms with van der Waals surface area (Å²) in [5.41, 5.74) is 1.75. The zero-order valence-corrected chi connectivity index (χ0v) is 9.66. The Morgan fingerprint density at radius 3 is 3.24 bits per heavy atom. The van der Waals surface area contributed by atoms with Crippen LogP contribution >= 0.6 is 11.3 Å². The van der Waals surface area contributed by atoms with E-state index in [1.807, 2.05) is 12.1 Å². The summed E-state index contributed by atoms with van der Waals surface area (Å²) >= 11 is 1.26. The van der Waals surface area contributed by atoms with Gasteiger partial charge in [0.25, 0.3) is 0 Å². The summed E-state index contributed by atoms with van der Waals surface area (Å²) in [6.45, 7) is 0.557. The van der Waals surface area contributed by atoms with Crippen LogP contribution in [0.3, 0.4) is 0 Å². The molecule has 17 heavy (non-hydrogen) atoms. The third kappa shape index (κ3) is 1.68. The highest BCUT2D eigenvalue weighted by Gasteiger charge is 2.21. The van der Waals surface area contributed by atoms with Gasteiger partial charge in [-0.2, -0.15) is 0 Å². The number of aromatic carboxylic acids is 1. The van der Waals surface area contributed by atoms with Crippen molar-refractivity contribution in [2.75, 3.05) is 6.61 Å². The molecule has 1 N–H and O–H groups in total. The number of nitrogens with zero attached hydrogens (tertiary/aromatic N) is 1. The van der Waals surface area contributed by atoms with Gasteiger partial charge in [-0.1, -0.05) is 0 Å². The second kappa shape index (κ2) is 3.85. The number of fused-ring (bicyclic) bond motifs is 3. The van der Waals surface area contributed by atoms with Gasteiger partial charge < -0.3 is 9.84 Å². The van der Waals surface area contributed by atoms with E-state index in [0.29, 0.717) is 11.5 Å². The first-order valence-electron chi connectivity index (χ1n) is 5.20. The van der Waals surface area contributed by atoms with Crippen molar-refractivity contribution in [3.8, 4) is 16.3 Å². The Labute approximate surface area is 102 Å². The monoisotopic (exact) mass is 247 g/mol. The maximum atomic E-state index is 11.0. The van der Waals surface area contributed by atoms with E-state index >= 15 is 0 Å². The van der Waals surface area contributed by atoms with Crippen LogP contribution in [0.5, 0.6) is 5.75 Å². The summed E-state index contributed by atoms with van der Waals surface area (Å²) in [5.74, 6) is -0.161. The number of thiophene rings is 1. The van der Waals surface area contributed by atoms with Crippen molar-refractivity contribution in [2.24, 2.45) is 0 Å². The van der Waals surface area contributed by atoms with Crippen molar-refractivity contribution in [1.29, 1.82) is 0 Å². The van der Waals surface area contributed by atoms with Crippen LogP contribution in [0.4, 0.5) is 0 Å². The van der Waals surface area contributed by atoms with E-state index in [1.54, 1.807) is 12.3 Å². The van der Waals surface area contributed by atoms with E-state index in [-0.39, 0.29) is 0 Å². The summed E-state index contributed by atoms with van der Waals surface area (Å²) in [4.78, 5) is 16.5. The van der Waals surface area contributed by atoms with Gasteiger partial charge >= 0.3 is 5.97 Å². The summed E-state index contributed by atoms with van der Waals surface area (Å²) in [6, 6.07) is 5.39. The second-order valence-electron chi connectivity index (χ2n) is 3.72. The number of pyridine rings is 1. The Morgan fingerprint density at radius 1 is 1.53 bits per heavy atom. The van der Waals surface area contributed by atoms with Crippen molar-refractivity contribution < 1.29 is 14.6 Å². The molecule has 0 saturated heterocycles. The molecule has 4 nitrogen and oxygen atoms in total. The Hall–Kier alpha value is -1.88. The molecule has 0 unspecified atom stereocenters.